The molecule has 0 amide bonds. The van der Waals surface area contributed by atoms with Crippen LogP contribution in [0.15, 0.2) is 188 Å². The molecular weight excluding hydrogens is 619 g/mol. The lowest BCUT2D eigenvalue weighted by molar-refractivity contribution is 1.17. The van der Waals surface area contributed by atoms with E-state index in [1.165, 1.54) is 0 Å². The normalized spacial score (nSPS) is 15.2. The summed E-state index contributed by atoms with van der Waals surface area (Å²) in [5.74, 6) is 0. The maximum absolute atomic E-state index is 10.1. The maximum Gasteiger partial charge on any atom is 0.0652 e. The van der Waals surface area contributed by atoms with Gasteiger partial charge in [0.1, 0.15) is 0 Å². The van der Waals surface area contributed by atoms with Crippen LogP contribution < -0.4 is 0 Å². The average Bonchev–Trinajstić information content (AvgIpc) is 3.95. The molecule has 3 nitrogen and oxygen atoms in total. The summed E-state index contributed by atoms with van der Waals surface area (Å²) >= 11 is 0. The minimum Gasteiger partial charge on any atom is -0.309 e. The summed E-state index contributed by atoms with van der Waals surface area (Å²) in [4.78, 5) is 0. The molecule has 0 spiro atoms. The highest BCUT2D eigenvalue weighted by Gasteiger charge is 2.22. The molecule has 3 aromatic heterocycles. The van der Waals surface area contributed by atoms with E-state index in [9.17, 15) is 4.11 Å². The lowest BCUT2D eigenvalue weighted by Gasteiger charge is -2.15. The van der Waals surface area contributed by atoms with Crippen LogP contribution in [0, 0.1) is 0 Å². The summed E-state index contributed by atoms with van der Waals surface area (Å²) in [6, 6.07) is 30.8. The number of hydrogen-bond acceptors (Lipinski definition) is 0. The van der Waals surface area contributed by atoms with Crippen LogP contribution in [0.1, 0.15) is 16.4 Å². The second kappa shape index (κ2) is 10.8. The average molecular weight is 662 g/mol. The minimum atomic E-state index is -0.687. The zero-order valence-corrected chi connectivity index (χ0v) is 26.8. The summed E-state index contributed by atoms with van der Waals surface area (Å²) in [7, 11) is 0. The molecule has 0 radical (unpaired) electrons. The number of para-hydroxylation sites is 6. The Hall–Kier alpha value is -6.84. The Morgan fingerprint density at radius 1 is 0.373 bits per heavy atom. The summed E-state index contributed by atoms with van der Waals surface area (Å²) in [6.45, 7) is 0. The van der Waals surface area contributed by atoms with Crippen LogP contribution in [0.4, 0.5) is 0 Å². The van der Waals surface area contributed by atoms with Crippen LogP contribution in [0.2, 0.25) is 0 Å². The van der Waals surface area contributed by atoms with Gasteiger partial charge in [-0.3, -0.25) is 0 Å². The van der Waals surface area contributed by atoms with Gasteiger partial charge in [-0.05, 0) is 66.1 Å². The Balaban J connectivity index is 1.32. The van der Waals surface area contributed by atoms with Gasteiger partial charge in [0.05, 0.1) is 55.2 Å². The van der Waals surface area contributed by atoms with Crippen LogP contribution in [-0.4, -0.2) is 13.7 Å². The lowest BCUT2D eigenvalue weighted by atomic mass is 10.0. The largest absolute Gasteiger partial charge is 0.309 e. The molecule has 11 aromatic rings. The smallest absolute Gasteiger partial charge is 0.0652 e. The van der Waals surface area contributed by atoms with E-state index in [0.717, 1.165) is 53.9 Å². The maximum atomic E-state index is 10.1. The molecule has 0 bridgehead atoms. The first kappa shape index (κ1) is 18.8. The van der Waals surface area contributed by atoms with Crippen molar-refractivity contribution < 1.29 is 16.4 Å². The van der Waals surface area contributed by atoms with Crippen LogP contribution in [0.5, 0.6) is 0 Å². The van der Waals surface area contributed by atoms with Crippen molar-refractivity contribution >= 4 is 65.4 Å². The van der Waals surface area contributed by atoms with Gasteiger partial charge in [-0.1, -0.05) is 127 Å². The van der Waals surface area contributed by atoms with Gasteiger partial charge in [-0.15, -0.1) is 0 Å². The Labute approximate surface area is 311 Å². The number of nitrogens with zero attached hydrogens (tertiary/aromatic N) is 3. The van der Waals surface area contributed by atoms with Gasteiger partial charge in [0, 0.05) is 49.3 Å². The van der Waals surface area contributed by atoms with Crippen molar-refractivity contribution in [3.63, 3.8) is 0 Å². The van der Waals surface area contributed by atoms with Gasteiger partial charge >= 0.3 is 0 Å². The quantitative estimate of drug-likeness (QED) is 0.178. The predicted molar refractivity (Wildman–Crippen MR) is 215 cm³/mol. The molecule has 0 saturated heterocycles. The Kier molecular flexibility index (Phi) is 3.99. The third-order valence-electron chi connectivity index (χ3n) is 9.77. The molecule has 3 heterocycles. The number of rotatable bonds is 4. The fourth-order valence-corrected chi connectivity index (χ4v) is 7.72. The summed E-state index contributed by atoms with van der Waals surface area (Å²) < 4.78 is 113. The van der Waals surface area contributed by atoms with Crippen molar-refractivity contribution in [1.82, 2.24) is 13.7 Å². The number of benzene rings is 8. The minimum absolute atomic E-state index is 0.0143. The third kappa shape index (κ3) is 4.00. The fraction of sp³-hybridized carbons (Fsp3) is 0. The second-order valence-corrected chi connectivity index (χ2v) is 12.4. The number of aromatic nitrogens is 3. The first-order chi connectivity index (χ1) is 30.3. The summed E-state index contributed by atoms with van der Waals surface area (Å²) in [5.41, 5.74) is 4.66. The monoisotopic (exact) mass is 661 g/mol. The molecule has 11 rings (SSSR count). The highest BCUT2D eigenvalue weighted by atomic mass is 15.0. The highest BCUT2D eigenvalue weighted by Crippen LogP contribution is 2.44. The van der Waals surface area contributed by atoms with Crippen LogP contribution in [0.25, 0.3) is 93.6 Å². The molecule has 3 heteroatoms. The molecule has 8 aromatic carbocycles. The van der Waals surface area contributed by atoms with E-state index in [1.54, 1.807) is 12.1 Å². The molecule has 0 atom stereocenters. The van der Waals surface area contributed by atoms with Gasteiger partial charge in [0.15, 0.2) is 0 Å². The van der Waals surface area contributed by atoms with Crippen molar-refractivity contribution in [3.8, 4) is 28.2 Å². The van der Waals surface area contributed by atoms with Crippen molar-refractivity contribution in [2.24, 2.45) is 0 Å². The van der Waals surface area contributed by atoms with Crippen molar-refractivity contribution in [2.45, 2.75) is 0 Å². The molecule has 51 heavy (non-hydrogen) atoms. The molecule has 0 aliphatic rings. The van der Waals surface area contributed by atoms with Gasteiger partial charge in [-0.2, -0.15) is 0 Å². The van der Waals surface area contributed by atoms with E-state index >= 15 is 0 Å². The Morgan fingerprint density at radius 2 is 1.04 bits per heavy atom. The van der Waals surface area contributed by atoms with E-state index in [-0.39, 0.29) is 39.5 Å². The van der Waals surface area contributed by atoms with Crippen molar-refractivity contribution in [1.29, 1.82) is 0 Å². The summed E-state index contributed by atoms with van der Waals surface area (Å²) in [5, 5.41) is 3.52. The van der Waals surface area contributed by atoms with Crippen molar-refractivity contribution in [3.05, 3.63) is 188 Å². The topological polar surface area (TPSA) is 14.8 Å². The SMILES string of the molecule is [2H]c1c([2H])c([2H])c(-n2c3c([2H])c([2H])c([2H])c([2H])c3c3c([2H])c([2H])c(-c4ccccc4-n4c5ccccc5c5ccc6c(c7ccccc7n6-c6ccccc6)c54)c([2H])c32)c([2H])c1[2H]. The van der Waals surface area contributed by atoms with Crippen LogP contribution >= 0.6 is 0 Å². The molecule has 0 aliphatic heterocycles. The standard InChI is InChI=1S/C48H31N3/c1-3-15-33(16-4-1)49-44-26-14-10-22-40(44)47-45(49)30-29-39-37-21-9-13-25-43(37)51(48(39)47)41-23-11-7-19-35(41)32-27-28-38-36-20-8-12-24-42(36)50(46(38)31-32)34-17-5-2-6-18-34/h1-31H/i2D,5D,6D,8D,12D,17D,18D,20D,24D,27D,28D,31D. The third-order valence-corrected chi connectivity index (χ3v) is 9.77. The Morgan fingerprint density at radius 3 is 1.90 bits per heavy atom. The zero-order chi connectivity index (χ0) is 43.9. The van der Waals surface area contributed by atoms with E-state index < -0.39 is 66.1 Å². The number of fused-ring (bicyclic) bond motifs is 10. The van der Waals surface area contributed by atoms with E-state index in [1.807, 2.05) is 60.7 Å². The van der Waals surface area contributed by atoms with E-state index in [2.05, 4.69) is 51.6 Å². The van der Waals surface area contributed by atoms with Gasteiger partial charge in [0.25, 0.3) is 0 Å². The first-order valence-corrected chi connectivity index (χ1v) is 16.6. The van der Waals surface area contributed by atoms with E-state index in [4.69, 9.17) is 12.3 Å². The molecule has 0 unspecified atom stereocenters. The molecule has 0 fully saturated rings. The van der Waals surface area contributed by atoms with Crippen LogP contribution in [0.3, 0.4) is 0 Å². The van der Waals surface area contributed by atoms with Gasteiger partial charge in [-0.25, -0.2) is 0 Å². The molecule has 0 N–H and O–H groups in total. The molecule has 0 aliphatic carbocycles. The molecular formula is C48H31N3. The fourth-order valence-electron chi connectivity index (χ4n) is 7.72. The van der Waals surface area contributed by atoms with Crippen molar-refractivity contribution in [2.75, 3.05) is 0 Å². The van der Waals surface area contributed by atoms with E-state index in [0.29, 0.717) is 11.3 Å². The zero-order valence-electron chi connectivity index (χ0n) is 38.8. The number of hydrogen-bond donors (Lipinski definition) is 0. The first-order valence-electron chi connectivity index (χ1n) is 22.6. The second-order valence-electron chi connectivity index (χ2n) is 12.4. The highest BCUT2D eigenvalue weighted by molar-refractivity contribution is 6.26. The van der Waals surface area contributed by atoms with Crippen LogP contribution in [-0.2, 0) is 0 Å². The molecule has 0 saturated carbocycles. The van der Waals surface area contributed by atoms with Gasteiger partial charge in [0.2, 0.25) is 0 Å². The predicted octanol–water partition coefficient (Wildman–Crippen LogP) is 12.6. The van der Waals surface area contributed by atoms with Gasteiger partial charge < -0.3 is 13.7 Å². The Bertz CT molecular complexity index is 3800. The molecule has 238 valence electrons. The summed E-state index contributed by atoms with van der Waals surface area (Å²) in [6.07, 6.45) is 0. The lowest BCUT2D eigenvalue weighted by Crippen LogP contribution is -1.98.